The Morgan fingerprint density at radius 2 is 1.89 bits per heavy atom. The molecular formula is C14H8BrFN2O. The topological polar surface area (TPSA) is 35.0 Å². The van der Waals surface area contributed by atoms with Crippen LogP contribution < -0.4 is 4.74 Å². The highest BCUT2D eigenvalue weighted by molar-refractivity contribution is 9.10. The van der Waals surface area contributed by atoms with Crippen molar-refractivity contribution in [3.05, 3.63) is 59.1 Å². The first-order valence-corrected chi connectivity index (χ1v) is 6.36. The number of ether oxygens (including phenoxy) is 1. The van der Waals surface area contributed by atoms with Gasteiger partial charge in [-0.15, -0.1) is 0 Å². The lowest BCUT2D eigenvalue weighted by Gasteiger charge is -2.08. The van der Waals surface area contributed by atoms with Gasteiger partial charge in [0.05, 0.1) is 10.9 Å². The highest BCUT2D eigenvalue weighted by atomic mass is 79.9. The van der Waals surface area contributed by atoms with E-state index in [1.807, 2.05) is 24.3 Å². The summed E-state index contributed by atoms with van der Waals surface area (Å²) in [6, 6.07) is 11.9. The molecule has 0 aliphatic heterocycles. The van der Waals surface area contributed by atoms with Gasteiger partial charge in [0.25, 0.3) is 0 Å². The predicted molar refractivity (Wildman–Crippen MR) is 73.7 cm³/mol. The number of nitrogens with zero attached hydrogens (tertiary/aromatic N) is 2. The number of para-hydroxylation sites is 1. The number of hydrogen-bond acceptors (Lipinski definition) is 3. The van der Waals surface area contributed by atoms with Gasteiger partial charge in [0.15, 0.2) is 11.6 Å². The number of aromatic nitrogens is 2. The van der Waals surface area contributed by atoms with Gasteiger partial charge in [0.1, 0.15) is 6.33 Å². The third kappa shape index (κ3) is 2.42. The van der Waals surface area contributed by atoms with Crippen LogP contribution in [0.15, 0.2) is 53.3 Å². The van der Waals surface area contributed by atoms with Gasteiger partial charge < -0.3 is 4.74 Å². The van der Waals surface area contributed by atoms with Crippen molar-refractivity contribution < 1.29 is 9.13 Å². The van der Waals surface area contributed by atoms with E-state index in [1.54, 1.807) is 12.1 Å². The van der Waals surface area contributed by atoms with Crippen molar-refractivity contribution in [3.8, 4) is 11.6 Å². The molecule has 94 valence electrons. The lowest BCUT2D eigenvalue weighted by Crippen LogP contribution is -1.93. The van der Waals surface area contributed by atoms with E-state index in [0.29, 0.717) is 5.88 Å². The molecule has 19 heavy (non-hydrogen) atoms. The molecule has 0 N–H and O–H groups in total. The van der Waals surface area contributed by atoms with E-state index in [2.05, 4.69) is 25.9 Å². The number of fused-ring (bicyclic) bond motifs is 1. The van der Waals surface area contributed by atoms with Crippen molar-refractivity contribution in [2.24, 2.45) is 0 Å². The normalized spacial score (nSPS) is 10.6. The Kier molecular flexibility index (Phi) is 3.13. The average Bonchev–Trinajstić information content (AvgIpc) is 2.43. The van der Waals surface area contributed by atoms with Crippen molar-refractivity contribution in [3.63, 3.8) is 0 Å². The summed E-state index contributed by atoms with van der Waals surface area (Å²) in [6.45, 7) is 0. The Morgan fingerprint density at radius 1 is 1.05 bits per heavy atom. The molecule has 0 unspecified atom stereocenters. The molecule has 3 nitrogen and oxygen atoms in total. The third-order valence-electron chi connectivity index (χ3n) is 2.61. The van der Waals surface area contributed by atoms with Crippen LogP contribution in [0, 0.1) is 5.82 Å². The van der Waals surface area contributed by atoms with E-state index in [4.69, 9.17) is 4.74 Å². The molecule has 1 heterocycles. The molecule has 0 saturated heterocycles. The number of hydrogen-bond donors (Lipinski definition) is 0. The first-order chi connectivity index (χ1) is 9.24. The van der Waals surface area contributed by atoms with Gasteiger partial charge in [-0.05, 0) is 30.3 Å². The second kappa shape index (κ2) is 4.93. The molecule has 0 atom stereocenters. The molecule has 5 heteroatoms. The zero-order chi connectivity index (χ0) is 13.2. The second-order valence-electron chi connectivity index (χ2n) is 3.87. The van der Waals surface area contributed by atoms with Gasteiger partial charge in [-0.1, -0.05) is 28.1 Å². The number of halogens is 2. The fourth-order valence-corrected chi connectivity index (χ4v) is 2.06. The van der Waals surface area contributed by atoms with Crippen LogP contribution in [-0.4, -0.2) is 9.97 Å². The SMILES string of the molecule is Fc1ccc(Br)cc1Oc1ncnc2ccccc12. The Balaban J connectivity index is 2.08. The summed E-state index contributed by atoms with van der Waals surface area (Å²) in [4.78, 5) is 8.19. The third-order valence-corrected chi connectivity index (χ3v) is 3.10. The summed E-state index contributed by atoms with van der Waals surface area (Å²) in [5, 5.41) is 0.740. The molecule has 0 bridgehead atoms. The molecule has 0 amide bonds. The summed E-state index contributed by atoms with van der Waals surface area (Å²) in [5.74, 6) is 0.0201. The maximum atomic E-state index is 13.7. The molecule has 0 saturated carbocycles. The highest BCUT2D eigenvalue weighted by Crippen LogP contribution is 2.29. The summed E-state index contributed by atoms with van der Waals surface area (Å²) >= 11 is 3.28. The summed E-state index contributed by atoms with van der Waals surface area (Å²) < 4.78 is 20.0. The first kappa shape index (κ1) is 12.0. The van der Waals surface area contributed by atoms with Crippen molar-refractivity contribution in [2.45, 2.75) is 0 Å². The fourth-order valence-electron chi connectivity index (χ4n) is 1.72. The Bertz CT molecular complexity index is 743. The van der Waals surface area contributed by atoms with E-state index in [-0.39, 0.29) is 5.75 Å². The van der Waals surface area contributed by atoms with Crippen LogP contribution in [0.4, 0.5) is 4.39 Å². The second-order valence-corrected chi connectivity index (χ2v) is 4.79. The van der Waals surface area contributed by atoms with Gasteiger partial charge >= 0.3 is 0 Å². The predicted octanol–water partition coefficient (Wildman–Crippen LogP) is 4.32. The van der Waals surface area contributed by atoms with Crippen molar-refractivity contribution in [1.29, 1.82) is 0 Å². The lowest BCUT2D eigenvalue weighted by atomic mass is 10.2. The minimum Gasteiger partial charge on any atom is -0.435 e. The molecule has 0 aliphatic carbocycles. The van der Waals surface area contributed by atoms with Gasteiger partial charge in [0, 0.05) is 4.47 Å². The summed E-state index contributed by atoms with van der Waals surface area (Å²) in [6.07, 6.45) is 1.40. The van der Waals surface area contributed by atoms with Crippen LogP contribution in [0.5, 0.6) is 11.6 Å². The fraction of sp³-hybridized carbons (Fsp3) is 0. The Hall–Kier alpha value is -2.01. The van der Waals surface area contributed by atoms with E-state index < -0.39 is 5.82 Å². The van der Waals surface area contributed by atoms with Crippen LogP contribution in [0.2, 0.25) is 0 Å². The quantitative estimate of drug-likeness (QED) is 0.705. The Morgan fingerprint density at radius 3 is 2.79 bits per heavy atom. The van der Waals surface area contributed by atoms with Crippen LogP contribution in [0.1, 0.15) is 0 Å². The monoisotopic (exact) mass is 318 g/mol. The number of rotatable bonds is 2. The molecule has 0 radical (unpaired) electrons. The van der Waals surface area contributed by atoms with E-state index in [9.17, 15) is 4.39 Å². The molecule has 3 aromatic rings. The van der Waals surface area contributed by atoms with Gasteiger partial charge in [-0.2, -0.15) is 0 Å². The highest BCUT2D eigenvalue weighted by Gasteiger charge is 2.09. The van der Waals surface area contributed by atoms with Gasteiger partial charge in [-0.3, -0.25) is 0 Å². The van der Waals surface area contributed by atoms with E-state index in [1.165, 1.54) is 12.4 Å². The molecular weight excluding hydrogens is 311 g/mol. The molecule has 1 aromatic heterocycles. The first-order valence-electron chi connectivity index (χ1n) is 5.57. The Labute approximate surface area is 117 Å². The smallest absolute Gasteiger partial charge is 0.230 e. The maximum absolute atomic E-state index is 13.7. The molecule has 2 aromatic carbocycles. The van der Waals surface area contributed by atoms with Crippen LogP contribution in [0.3, 0.4) is 0 Å². The molecule has 0 spiro atoms. The maximum Gasteiger partial charge on any atom is 0.230 e. The van der Waals surface area contributed by atoms with Crippen molar-refractivity contribution in [2.75, 3.05) is 0 Å². The van der Waals surface area contributed by atoms with Crippen molar-refractivity contribution >= 4 is 26.8 Å². The standard InChI is InChI=1S/C14H8BrFN2O/c15-9-5-6-11(16)13(7-9)19-14-10-3-1-2-4-12(10)17-8-18-14/h1-8H. The average molecular weight is 319 g/mol. The van der Waals surface area contributed by atoms with Crippen molar-refractivity contribution in [1.82, 2.24) is 9.97 Å². The van der Waals surface area contributed by atoms with Crippen LogP contribution in [-0.2, 0) is 0 Å². The van der Waals surface area contributed by atoms with E-state index in [0.717, 1.165) is 15.4 Å². The van der Waals surface area contributed by atoms with Crippen LogP contribution in [0.25, 0.3) is 10.9 Å². The van der Waals surface area contributed by atoms with E-state index >= 15 is 0 Å². The molecule has 0 fully saturated rings. The zero-order valence-corrected chi connectivity index (χ0v) is 11.3. The van der Waals surface area contributed by atoms with Gasteiger partial charge in [0.2, 0.25) is 5.88 Å². The van der Waals surface area contributed by atoms with Crippen LogP contribution >= 0.6 is 15.9 Å². The lowest BCUT2D eigenvalue weighted by molar-refractivity contribution is 0.431. The molecule has 0 aliphatic rings. The summed E-state index contributed by atoms with van der Waals surface area (Å²) in [5.41, 5.74) is 0.753. The minimum atomic E-state index is -0.439. The van der Waals surface area contributed by atoms with Gasteiger partial charge in [-0.25, -0.2) is 14.4 Å². The zero-order valence-electron chi connectivity index (χ0n) is 9.68. The largest absolute Gasteiger partial charge is 0.435 e. The summed E-state index contributed by atoms with van der Waals surface area (Å²) in [7, 11) is 0. The molecule has 3 rings (SSSR count). The number of benzene rings is 2. The minimum absolute atomic E-state index is 0.123.